The molecule has 0 spiro atoms. The molecule has 0 unspecified atom stereocenters. The molecule has 0 heterocycles. The number of aldehydes is 1. The van der Waals surface area contributed by atoms with E-state index in [0.29, 0.717) is 19.1 Å². The number of nitrogens with zero attached hydrogens (tertiary/aromatic N) is 1. The lowest BCUT2D eigenvalue weighted by molar-refractivity contribution is -0.113. The van der Waals surface area contributed by atoms with Gasteiger partial charge in [-0.25, -0.2) is 8.42 Å². The van der Waals surface area contributed by atoms with Gasteiger partial charge in [0.05, 0.1) is 11.3 Å². The average Bonchev–Trinajstić information content (AvgIpc) is 2.48. The van der Waals surface area contributed by atoms with Gasteiger partial charge in [-0.05, 0) is 19.3 Å². The number of hydrogen-bond donors (Lipinski definition) is 0. The maximum absolute atomic E-state index is 11.1. The molecule has 0 N–H and O–H groups in total. The topological polar surface area (TPSA) is 75.0 Å². The van der Waals surface area contributed by atoms with Crippen molar-refractivity contribution in [3.05, 3.63) is 0 Å². The van der Waals surface area contributed by atoms with Crippen molar-refractivity contribution in [3.63, 3.8) is 0 Å². The lowest BCUT2D eigenvalue weighted by atomic mass is 9.90. The number of rotatable bonds is 2. The molecule has 2 atom stereocenters. The minimum absolute atomic E-state index is 0.159. The molecule has 0 aromatic rings. The van der Waals surface area contributed by atoms with Crippen molar-refractivity contribution in [2.75, 3.05) is 6.26 Å². The number of hydrogen-bond acceptors (Lipinski definition) is 4. The van der Waals surface area contributed by atoms with Crippen LogP contribution in [0.1, 0.15) is 19.3 Å². The molecule has 0 saturated heterocycles. The predicted octanol–water partition coefficient (Wildman–Crippen LogP) is 0.292. The molecule has 13 heavy (non-hydrogen) atoms. The summed E-state index contributed by atoms with van der Waals surface area (Å²) in [5.74, 6) is 0. The lowest BCUT2D eigenvalue weighted by Crippen LogP contribution is -2.21. The first-order valence-electron chi connectivity index (χ1n) is 4.00. The molecule has 1 saturated carbocycles. The Morgan fingerprint density at radius 1 is 1.62 bits per heavy atom. The van der Waals surface area contributed by atoms with Gasteiger partial charge in [0.15, 0.2) is 0 Å². The molecule has 1 aliphatic carbocycles. The van der Waals surface area contributed by atoms with Gasteiger partial charge >= 0.3 is 0 Å². The van der Waals surface area contributed by atoms with E-state index in [4.69, 9.17) is 5.26 Å². The summed E-state index contributed by atoms with van der Waals surface area (Å²) in [7, 11) is -3.10. The van der Waals surface area contributed by atoms with Gasteiger partial charge in [-0.2, -0.15) is 5.26 Å². The Kier molecular flexibility index (Phi) is 2.44. The normalized spacial score (nSPS) is 34.0. The maximum atomic E-state index is 11.1. The van der Waals surface area contributed by atoms with Crippen LogP contribution in [0.15, 0.2) is 0 Å². The summed E-state index contributed by atoms with van der Waals surface area (Å²) in [4.78, 5) is 10.6. The van der Waals surface area contributed by atoms with E-state index in [1.807, 2.05) is 6.07 Å². The van der Waals surface area contributed by atoms with Crippen LogP contribution in [0.3, 0.4) is 0 Å². The predicted molar refractivity (Wildman–Crippen MR) is 46.6 cm³/mol. The first-order chi connectivity index (χ1) is 5.93. The fourth-order valence-corrected chi connectivity index (χ4v) is 2.78. The Hall–Kier alpha value is -0.890. The van der Waals surface area contributed by atoms with Crippen LogP contribution in [0.25, 0.3) is 0 Å². The summed E-state index contributed by atoms with van der Waals surface area (Å²) in [6.07, 6.45) is 2.68. The molecule has 0 bridgehead atoms. The van der Waals surface area contributed by atoms with E-state index in [0.717, 1.165) is 6.26 Å². The van der Waals surface area contributed by atoms with E-state index in [1.54, 1.807) is 0 Å². The van der Waals surface area contributed by atoms with E-state index < -0.39 is 20.5 Å². The number of nitriles is 1. The highest BCUT2D eigenvalue weighted by Gasteiger charge is 2.43. The average molecular weight is 201 g/mol. The Morgan fingerprint density at radius 3 is 2.46 bits per heavy atom. The van der Waals surface area contributed by atoms with Crippen LogP contribution in [-0.4, -0.2) is 26.2 Å². The highest BCUT2D eigenvalue weighted by molar-refractivity contribution is 7.91. The van der Waals surface area contributed by atoms with Crippen molar-refractivity contribution in [1.82, 2.24) is 0 Å². The molecule has 1 fully saturated rings. The van der Waals surface area contributed by atoms with Crippen LogP contribution >= 0.6 is 0 Å². The molecule has 0 aromatic heterocycles. The quantitative estimate of drug-likeness (QED) is 0.602. The van der Waals surface area contributed by atoms with E-state index in [2.05, 4.69) is 0 Å². The molecule has 5 heteroatoms. The maximum Gasteiger partial charge on any atom is 0.150 e. The highest BCUT2D eigenvalue weighted by Crippen LogP contribution is 2.38. The van der Waals surface area contributed by atoms with Crippen molar-refractivity contribution in [1.29, 1.82) is 5.26 Å². The van der Waals surface area contributed by atoms with Crippen molar-refractivity contribution in [2.45, 2.75) is 24.5 Å². The Morgan fingerprint density at radius 2 is 2.23 bits per heavy atom. The van der Waals surface area contributed by atoms with Crippen LogP contribution in [0, 0.1) is 16.7 Å². The molecule has 0 amide bonds. The third-order valence-electron chi connectivity index (χ3n) is 2.56. The van der Waals surface area contributed by atoms with Crippen LogP contribution in [0.4, 0.5) is 0 Å². The zero-order valence-corrected chi connectivity index (χ0v) is 8.17. The Balaban J connectivity index is 2.87. The SMILES string of the molecule is CS(=O)(=O)[C@@H]1CC[C@@](C#N)(C=O)C1. The van der Waals surface area contributed by atoms with E-state index in [9.17, 15) is 13.2 Å². The van der Waals surface area contributed by atoms with Crippen LogP contribution in [-0.2, 0) is 14.6 Å². The molecule has 0 aliphatic heterocycles. The fraction of sp³-hybridized carbons (Fsp3) is 0.750. The van der Waals surface area contributed by atoms with Crippen molar-refractivity contribution >= 4 is 16.1 Å². The van der Waals surface area contributed by atoms with Crippen molar-refractivity contribution in [2.24, 2.45) is 5.41 Å². The van der Waals surface area contributed by atoms with Crippen LogP contribution < -0.4 is 0 Å². The van der Waals surface area contributed by atoms with Gasteiger partial charge < -0.3 is 4.79 Å². The minimum Gasteiger partial charge on any atom is -0.302 e. The van der Waals surface area contributed by atoms with Gasteiger partial charge in [0, 0.05) is 6.26 Å². The van der Waals surface area contributed by atoms with E-state index in [-0.39, 0.29) is 6.42 Å². The van der Waals surface area contributed by atoms with Gasteiger partial charge in [0.25, 0.3) is 0 Å². The van der Waals surface area contributed by atoms with Gasteiger partial charge in [-0.15, -0.1) is 0 Å². The number of sulfone groups is 1. The second-order valence-electron chi connectivity index (χ2n) is 3.58. The molecular weight excluding hydrogens is 190 g/mol. The molecule has 4 nitrogen and oxygen atoms in total. The first-order valence-corrected chi connectivity index (χ1v) is 5.95. The summed E-state index contributed by atoms with van der Waals surface area (Å²) in [6, 6.07) is 1.90. The summed E-state index contributed by atoms with van der Waals surface area (Å²) in [5, 5.41) is 8.21. The molecule has 1 aliphatic rings. The third kappa shape index (κ3) is 1.89. The van der Waals surface area contributed by atoms with Crippen molar-refractivity contribution in [3.8, 4) is 6.07 Å². The summed E-state index contributed by atoms with van der Waals surface area (Å²) in [5.41, 5.74) is -1.05. The van der Waals surface area contributed by atoms with Crippen LogP contribution in [0.2, 0.25) is 0 Å². The molecule has 1 rings (SSSR count). The second-order valence-corrected chi connectivity index (χ2v) is 5.91. The molecule has 72 valence electrons. The minimum atomic E-state index is -3.10. The molecular formula is C8H11NO3S. The summed E-state index contributed by atoms with van der Waals surface area (Å²) >= 11 is 0. The van der Waals surface area contributed by atoms with Gasteiger partial charge in [-0.1, -0.05) is 0 Å². The molecule has 0 radical (unpaired) electrons. The van der Waals surface area contributed by atoms with E-state index >= 15 is 0 Å². The highest BCUT2D eigenvalue weighted by atomic mass is 32.2. The van der Waals surface area contributed by atoms with Crippen molar-refractivity contribution < 1.29 is 13.2 Å². The number of carbonyl (C=O) groups is 1. The van der Waals surface area contributed by atoms with Gasteiger partial charge in [0.1, 0.15) is 21.5 Å². The summed E-state index contributed by atoms with van der Waals surface area (Å²) in [6.45, 7) is 0. The monoisotopic (exact) mass is 201 g/mol. The zero-order chi connectivity index (χ0) is 10.1. The zero-order valence-electron chi connectivity index (χ0n) is 7.36. The number of carbonyl (C=O) groups excluding carboxylic acids is 1. The smallest absolute Gasteiger partial charge is 0.150 e. The first kappa shape index (κ1) is 10.2. The summed E-state index contributed by atoms with van der Waals surface area (Å²) < 4.78 is 22.3. The van der Waals surface area contributed by atoms with Crippen LogP contribution in [0.5, 0.6) is 0 Å². The largest absolute Gasteiger partial charge is 0.302 e. The van der Waals surface area contributed by atoms with Gasteiger partial charge in [-0.3, -0.25) is 0 Å². The van der Waals surface area contributed by atoms with E-state index in [1.165, 1.54) is 0 Å². The molecule has 0 aromatic carbocycles. The second kappa shape index (κ2) is 3.11. The Labute approximate surface area is 77.5 Å². The van der Waals surface area contributed by atoms with Gasteiger partial charge in [0.2, 0.25) is 0 Å². The Bertz CT molecular complexity index is 354. The standard InChI is InChI=1S/C8H11NO3S/c1-13(11,12)7-2-3-8(4-7,5-9)6-10/h6-7H,2-4H2,1H3/t7-,8-/m1/s1. The third-order valence-corrected chi connectivity index (χ3v) is 4.17. The lowest BCUT2D eigenvalue weighted by Gasteiger charge is -2.11. The fourth-order valence-electron chi connectivity index (χ4n) is 1.63.